The molecular weight excluding hydrogens is 328 g/mol. The zero-order chi connectivity index (χ0) is 19.2. The van der Waals surface area contributed by atoms with Crippen molar-refractivity contribution in [3.63, 3.8) is 0 Å². The van der Waals surface area contributed by atoms with E-state index in [4.69, 9.17) is 9.47 Å². The molecule has 0 aliphatic rings. The number of nitrogens with one attached hydrogen (secondary N) is 2. The van der Waals surface area contributed by atoms with Gasteiger partial charge in [0.25, 0.3) is 0 Å². The van der Waals surface area contributed by atoms with Crippen LogP contribution in [0.2, 0.25) is 0 Å². The normalized spacial score (nSPS) is 12.9. The summed E-state index contributed by atoms with van der Waals surface area (Å²) in [5, 5.41) is 6.59. The van der Waals surface area contributed by atoms with E-state index in [1.807, 2.05) is 12.1 Å². The van der Waals surface area contributed by atoms with E-state index < -0.39 is 0 Å². The number of guanidine groups is 1. The van der Waals surface area contributed by atoms with Crippen LogP contribution in [0.1, 0.15) is 33.3 Å². The predicted octanol–water partition coefficient (Wildman–Crippen LogP) is 2.50. The van der Waals surface area contributed by atoms with Crippen molar-refractivity contribution in [1.29, 1.82) is 0 Å². The topological polar surface area (TPSA) is 58.1 Å². The zero-order valence-corrected chi connectivity index (χ0v) is 17.0. The molecule has 1 rings (SSSR count). The van der Waals surface area contributed by atoms with E-state index in [9.17, 15) is 0 Å². The summed E-state index contributed by atoms with van der Waals surface area (Å²) in [4.78, 5) is 6.98. The number of likely N-dealkylation sites (N-methyl/N-ethyl adjacent to an activating group) is 1. The highest BCUT2D eigenvalue weighted by molar-refractivity contribution is 5.80. The lowest BCUT2D eigenvalue weighted by molar-refractivity contribution is 0.179. The van der Waals surface area contributed by atoms with Crippen LogP contribution in [0.3, 0.4) is 0 Å². The molecule has 0 aliphatic heterocycles. The summed E-state index contributed by atoms with van der Waals surface area (Å²) in [6.07, 6.45) is 0. The van der Waals surface area contributed by atoms with Gasteiger partial charge in [-0.3, -0.25) is 0 Å². The van der Waals surface area contributed by atoms with Gasteiger partial charge in [0.2, 0.25) is 0 Å². The maximum absolute atomic E-state index is 5.82. The fourth-order valence-electron chi connectivity index (χ4n) is 2.54. The molecular formula is C20H36N4O2. The summed E-state index contributed by atoms with van der Waals surface area (Å²) in [6.45, 7) is 14.3. The molecule has 6 heteroatoms. The van der Waals surface area contributed by atoms with Crippen LogP contribution in [0.5, 0.6) is 5.75 Å². The summed E-state index contributed by atoms with van der Waals surface area (Å²) < 4.78 is 11.0. The number of benzene rings is 1. The minimum Gasteiger partial charge on any atom is -0.492 e. The predicted molar refractivity (Wildman–Crippen MR) is 109 cm³/mol. The van der Waals surface area contributed by atoms with Crippen LogP contribution in [-0.2, 0) is 11.3 Å². The average Bonchev–Trinajstić information content (AvgIpc) is 2.64. The number of rotatable bonds is 12. The Hall–Kier alpha value is -1.79. The second-order valence-electron chi connectivity index (χ2n) is 6.22. The van der Waals surface area contributed by atoms with Crippen LogP contribution >= 0.6 is 0 Å². The molecule has 0 amide bonds. The highest BCUT2D eigenvalue weighted by Crippen LogP contribution is 2.13. The van der Waals surface area contributed by atoms with Crippen LogP contribution in [0, 0.1) is 0 Å². The quantitative estimate of drug-likeness (QED) is 0.441. The number of hydrogen-bond donors (Lipinski definition) is 2. The number of methoxy groups -OCH3 is 1. The lowest BCUT2D eigenvalue weighted by Gasteiger charge is -2.18. The molecule has 1 aromatic carbocycles. The number of aliphatic imine (C=N–C) groups is 1. The van der Waals surface area contributed by atoms with Crippen molar-refractivity contribution in [1.82, 2.24) is 15.5 Å². The minimum absolute atomic E-state index is 0.208. The molecule has 0 saturated carbocycles. The van der Waals surface area contributed by atoms with Crippen molar-refractivity contribution in [2.75, 3.05) is 46.5 Å². The molecule has 0 heterocycles. The van der Waals surface area contributed by atoms with Crippen molar-refractivity contribution in [2.24, 2.45) is 4.99 Å². The summed E-state index contributed by atoms with van der Waals surface area (Å²) in [6, 6.07) is 8.37. The molecule has 0 bridgehead atoms. The molecule has 0 aliphatic carbocycles. The van der Waals surface area contributed by atoms with Gasteiger partial charge in [-0.25, -0.2) is 4.99 Å². The first-order valence-electron chi connectivity index (χ1n) is 9.60. The van der Waals surface area contributed by atoms with Gasteiger partial charge in [-0.1, -0.05) is 26.0 Å². The summed E-state index contributed by atoms with van der Waals surface area (Å²) in [5.41, 5.74) is 1.15. The molecule has 6 nitrogen and oxygen atoms in total. The maximum atomic E-state index is 5.82. The number of nitrogens with zero attached hydrogens (tertiary/aromatic N) is 2. The second-order valence-corrected chi connectivity index (χ2v) is 6.22. The third-order valence-electron chi connectivity index (χ3n) is 4.06. The Labute approximate surface area is 159 Å². The Balaban J connectivity index is 2.50. The van der Waals surface area contributed by atoms with Gasteiger partial charge in [0.05, 0.1) is 13.2 Å². The van der Waals surface area contributed by atoms with Gasteiger partial charge in [0, 0.05) is 26.2 Å². The molecule has 1 unspecified atom stereocenters. The van der Waals surface area contributed by atoms with Gasteiger partial charge in [-0.05, 0) is 44.6 Å². The molecule has 148 valence electrons. The number of hydrogen-bond acceptors (Lipinski definition) is 4. The van der Waals surface area contributed by atoms with E-state index >= 15 is 0 Å². The van der Waals surface area contributed by atoms with E-state index in [1.165, 1.54) is 0 Å². The highest BCUT2D eigenvalue weighted by Gasteiger charge is 2.04. The monoisotopic (exact) mass is 364 g/mol. The Morgan fingerprint density at radius 1 is 1.15 bits per heavy atom. The Bertz CT molecular complexity index is 501. The van der Waals surface area contributed by atoms with Gasteiger partial charge >= 0.3 is 0 Å². The SMILES string of the molecule is CCNC(=NCc1ccc(OCCN(CC)CC)cc1)NC(C)COC. The van der Waals surface area contributed by atoms with Crippen LogP contribution in [0.4, 0.5) is 0 Å². The Morgan fingerprint density at radius 3 is 2.42 bits per heavy atom. The third kappa shape index (κ3) is 9.06. The molecule has 1 aromatic rings. The lowest BCUT2D eigenvalue weighted by atomic mass is 10.2. The standard InChI is InChI=1S/C20H36N4O2/c1-6-21-20(23-17(4)16-25-5)22-15-18-9-11-19(12-10-18)26-14-13-24(7-2)8-3/h9-12,17H,6-8,13-16H2,1-5H3,(H2,21,22,23). The third-order valence-corrected chi connectivity index (χ3v) is 4.06. The Kier molecular flexibility index (Phi) is 11.5. The van der Waals surface area contributed by atoms with E-state index in [-0.39, 0.29) is 6.04 Å². The van der Waals surface area contributed by atoms with E-state index in [2.05, 4.69) is 60.4 Å². The average molecular weight is 365 g/mol. The molecule has 26 heavy (non-hydrogen) atoms. The van der Waals surface area contributed by atoms with Gasteiger partial charge < -0.3 is 25.0 Å². The van der Waals surface area contributed by atoms with Crippen molar-refractivity contribution in [2.45, 2.75) is 40.3 Å². The largest absolute Gasteiger partial charge is 0.492 e. The fourth-order valence-corrected chi connectivity index (χ4v) is 2.54. The molecule has 0 radical (unpaired) electrons. The van der Waals surface area contributed by atoms with Crippen LogP contribution in [-0.4, -0.2) is 63.4 Å². The van der Waals surface area contributed by atoms with Crippen LogP contribution < -0.4 is 15.4 Å². The van der Waals surface area contributed by atoms with Crippen molar-refractivity contribution < 1.29 is 9.47 Å². The molecule has 0 aromatic heterocycles. The summed E-state index contributed by atoms with van der Waals surface area (Å²) in [7, 11) is 1.70. The molecule has 2 N–H and O–H groups in total. The van der Waals surface area contributed by atoms with E-state index in [0.29, 0.717) is 19.8 Å². The van der Waals surface area contributed by atoms with Crippen LogP contribution in [0.25, 0.3) is 0 Å². The first-order valence-corrected chi connectivity index (χ1v) is 9.60. The summed E-state index contributed by atoms with van der Waals surface area (Å²) in [5.74, 6) is 1.71. The first kappa shape index (κ1) is 22.3. The van der Waals surface area contributed by atoms with E-state index in [0.717, 1.165) is 43.5 Å². The maximum Gasteiger partial charge on any atom is 0.191 e. The molecule has 1 atom stereocenters. The van der Waals surface area contributed by atoms with Crippen LogP contribution in [0.15, 0.2) is 29.3 Å². The van der Waals surface area contributed by atoms with Gasteiger partial charge in [0.15, 0.2) is 5.96 Å². The van der Waals surface area contributed by atoms with Crippen molar-refractivity contribution in [3.05, 3.63) is 29.8 Å². The lowest BCUT2D eigenvalue weighted by Crippen LogP contribution is -2.43. The smallest absolute Gasteiger partial charge is 0.191 e. The molecule has 0 fully saturated rings. The van der Waals surface area contributed by atoms with Crippen molar-refractivity contribution in [3.8, 4) is 5.75 Å². The van der Waals surface area contributed by atoms with Crippen molar-refractivity contribution >= 4 is 5.96 Å². The van der Waals surface area contributed by atoms with Gasteiger partial charge in [-0.2, -0.15) is 0 Å². The second kappa shape index (κ2) is 13.4. The summed E-state index contributed by atoms with van der Waals surface area (Å²) >= 11 is 0. The Morgan fingerprint density at radius 2 is 1.85 bits per heavy atom. The molecule has 0 spiro atoms. The van der Waals surface area contributed by atoms with E-state index in [1.54, 1.807) is 7.11 Å². The minimum atomic E-state index is 0.208. The first-order chi connectivity index (χ1) is 12.6. The highest BCUT2D eigenvalue weighted by atomic mass is 16.5. The molecule has 0 saturated heterocycles. The zero-order valence-electron chi connectivity index (χ0n) is 17.0. The fraction of sp³-hybridized carbons (Fsp3) is 0.650. The van der Waals surface area contributed by atoms with Gasteiger partial charge in [-0.15, -0.1) is 0 Å². The number of ether oxygens (including phenoxy) is 2. The van der Waals surface area contributed by atoms with Gasteiger partial charge in [0.1, 0.15) is 12.4 Å².